The lowest BCUT2D eigenvalue weighted by molar-refractivity contribution is -0.114. The van der Waals surface area contributed by atoms with Crippen LogP contribution >= 0.6 is 0 Å². The second-order valence-electron chi connectivity index (χ2n) is 10.2. The van der Waals surface area contributed by atoms with E-state index in [1.165, 1.54) is 6.92 Å². The summed E-state index contributed by atoms with van der Waals surface area (Å²) in [6.45, 7) is 7.87. The molecule has 1 aromatic carbocycles. The average molecular weight is 490 g/mol. The zero-order valence-electron chi connectivity index (χ0n) is 21.3. The van der Waals surface area contributed by atoms with Gasteiger partial charge in [0.2, 0.25) is 5.91 Å². The minimum Gasteiger partial charge on any atom is -0.355 e. The number of amides is 2. The van der Waals surface area contributed by atoms with Gasteiger partial charge in [-0.25, -0.2) is 9.50 Å². The van der Waals surface area contributed by atoms with Crippen molar-refractivity contribution in [3.8, 4) is 0 Å². The predicted octanol–water partition coefficient (Wildman–Crippen LogP) is 3.60. The minimum absolute atomic E-state index is 0.0867. The second-order valence-corrected chi connectivity index (χ2v) is 10.2. The normalized spacial score (nSPS) is 20.6. The number of aromatic nitrogens is 3. The van der Waals surface area contributed by atoms with Gasteiger partial charge in [0, 0.05) is 50.4 Å². The topological polar surface area (TPSA) is 109 Å². The summed E-state index contributed by atoms with van der Waals surface area (Å²) in [5.41, 5.74) is 10.9. The van der Waals surface area contributed by atoms with Crippen molar-refractivity contribution >= 4 is 29.0 Å². The molecule has 2 aromatic heterocycles. The first kappa shape index (κ1) is 24.2. The van der Waals surface area contributed by atoms with Gasteiger partial charge in [0.15, 0.2) is 5.65 Å². The fourth-order valence-electron chi connectivity index (χ4n) is 5.48. The molecule has 0 saturated carbocycles. The van der Waals surface area contributed by atoms with Gasteiger partial charge in [-0.1, -0.05) is 11.6 Å². The number of nitrogens with one attached hydrogen (secondary N) is 1. The van der Waals surface area contributed by atoms with Gasteiger partial charge in [0.1, 0.15) is 5.82 Å². The van der Waals surface area contributed by atoms with Crippen molar-refractivity contribution in [2.45, 2.75) is 65.0 Å². The van der Waals surface area contributed by atoms with Crippen molar-refractivity contribution in [1.29, 1.82) is 0 Å². The van der Waals surface area contributed by atoms with E-state index in [9.17, 15) is 9.59 Å². The van der Waals surface area contributed by atoms with Gasteiger partial charge in [-0.3, -0.25) is 9.59 Å². The molecular weight excluding hydrogens is 454 g/mol. The third-order valence-corrected chi connectivity index (χ3v) is 7.20. The van der Waals surface area contributed by atoms with Gasteiger partial charge in [0.05, 0.1) is 23.0 Å². The van der Waals surface area contributed by atoms with E-state index in [1.807, 2.05) is 40.7 Å². The van der Waals surface area contributed by atoms with E-state index in [-0.39, 0.29) is 23.9 Å². The number of nitrogens with two attached hydrogens (primary N) is 1. The molecule has 0 unspecified atom stereocenters. The molecule has 4 heterocycles. The van der Waals surface area contributed by atoms with Gasteiger partial charge in [-0.05, 0) is 58.1 Å². The van der Waals surface area contributed by atoms with Gasteiger partial charge >= 0.3 is 0 Å². The number of carbonyl (C=O) groups is 2. The molecule has 0 aliphatic carbocycles. The Morgan fingerprint density at radius 2 is 1.92 bits per heavy atom. The van der Waals surface area contributed by atoms with Crippen LogP contribution in [0.15, 0.2) is 30.5 Å². The maximum atomic E-state index is 13.8. The Balaban J connectivity index is 1.47. The highest BCUT2D eigenvalue weighted by Gasteiger charge is 2.32. The summed E-state index contributed by atoms with van der Waals surface area (Å²) in [7, 11) is 0. The number of piperidine rings is 2. The molecule has 2 atom stereocenters. The molecular formula is C27H35N7O2. The van der Waals surface area contributed by atoms with Crippen molar-refractivity contribution in [3.05, 3.63) is 52.8 Å². The van der Waals surface area contributed by atoms with Crippen molar-refractivity contribution in [1.82, 2.24) is 19.5 Å². The quantitative estimate of drug-likeness (QED) is 0.580. The van der Waals surface area contributed by atoms with Crippen molar-refractivity contribution in [2.24, 2.45) is 5.73 Å². The number of hydrogen-bond donors (Lipinski definition) is 2. The smallest absolute Gasteiger partial charge is 0.256 e. The highest BCUT2D eigenvalue weighted by molar-refractivity contribution is 6.03. The van der Waals surface area contributed by atoms with Crippen molar-refractivity contribution < 1.29 is 9.59 Å². The monoisotopic (exact) mass is 489 g/mol. The minimum atomic E-state index is -0.199. The molecule has 0 bridgehead atoms. The Morgan fingerprint density at radius 3 is 2.69 bits per heavy atom. The average Bonchev–Trinajstić information content (AvgIpc) is 3.26. The SMILES string of the molecule is CC(=O)Nc1ccc(C)cc1C(=O)N1CCCC[C@H]1c1cc2nc(N3CCC[C@H](N)C3)c(C)cn2n1. The van der Waals surface area contributed by atoms with E-state index >= 15 is 0 Å². The molecule has 2 fully saturated rings. The molecule has 36 heavy (non-hydrogen) atoms. The molecule has 0 radical (unpaired) electrons. The zero-order valence-corrected chi connectivity index (χ0v) is 21.3. The van der Waals surface area contributed by atoms with Gasteiger partial charge in [0.25, 0.3) is 5.91 Å². The fraction of sp³-hybridized carbons (Fsp3) is 0.481. The third-order valence-electron chi connectivity index (χ3n) is 7.20. The standard InChI is InChI=1S/C27H35N7O2/c1-17-9-10-22(29-19(3)35)21(13-17)27(36)33-12-5-4-8-24(33)23-14-25-30-26(18(2)15-34(25)31-23)32-11-6-7-20(28)16-32/h9-10,13-15,20,24H,4-8,11-12,16,28H2,1-3H3,(H,29,35)/t20-,24-/m0/s1. The first-order valence-electron chi connectivity index (χ1n) is 12.9. The van der Waals surface area contributed by atoms with Crippen LogP contribution in [0, 0.1) is 13.8 Å². The molecule has 0 spiro atoms. The number of fused-ring (bicyclic) bond motifs is 1. The molecule has 3 aromatic rings. The summed E-state index contributed by atoms with van der Waals surface area (Å²) >= 11 is 0. The van der Waals surface area contributed by atoms with E-state index < -0.39 is 0 Å². The van der Waals surface area contributed by atoms with Crippen LogP contribution in [0.25, 0.3) is 5.65 Å². The van der Waals surface area contributed by atoms with E-state index in [4.69, 9.17) is 15.8 Å². The first-order chi connectivity index (χ1) is 17.3. The van der Waals surface area contributed by atoms with Gasteiger partial charge in [-0.2, -0.15) is 5.10 Å². The number of rotatable bonds is 4. The zero-order chi connectivity index (χ0) is 25.4. The van der Waals surface area contributed by atoms with Crippen LogP contribution in [0.5, 0.6) is 0 Å². The van der Waals surface area contributed by atoms with E-state index in [0.717, 1.165) is 73.5 Å². The molecule has 3 N–H and O–H groups in total. The third kappa shape index (κ3) is 4.80. The fourth-order valence-corrected chi connectivity index (χ4v) is 5.48. The van der Waals surface area contributed by atoms with Crippen LogP contribution in [0.4, 0.5) is 11.5 Å². The van der Waals surface area contributed by atoms with E-state index in [0.29, 0.717) is 17.8 Å². The maximum absolute atomic E-state index is 13.8. The Bertz CT molecular complexity index is 1300. The highest BCUT2D eigenvalue weighted by Crippen LogP contribution is 2.34. The molecule has 9 heteroatoms. The number of carbonyl (C=O) groups excluding carboxylic acids is 2. The molecule has 2 aliphatic heterocycles. The predicted molar refractivity (Wildman–Crippen MR) is 140 cm³/mol. The van der Waals surface area contributed by atoms with Crippen LogP contribution in [0.1, 0.15) is 72.2 Å². The number of nitrogens with zero attached hydrogens (tertiary/aromatic N) is 5. The summed E-state index contributed by atoms with van der Waals surface area (Å²) in [5.74, 6) is 0.673. The summed E-state index contributed by atoms with van der Waals surface area (Å²) < 4.78 is 1.82. The van der Waals surface area contributed by atoms with Crippen LogP contribution in [0.2, 0.25) is 0 Å². The highest BCUT2D eigenvalue weighted by atomic mass is 16.2. The summed E-state index contributed by atoms with van der Waals surface area (Å²) in [6, 6.07) is 7.58. The number of benzene rings is 1. The van der Waals surface area contributed by atoms with E-state index in [1.54, 1.807) is 6.07 Å². The summed E-state index contributed by atoms with van der Waals surface area (Å²) in [6.07, 6.45) is 6.93. The van der Waals surface area contributed by atoms with Gasteiger partial charge in [-0.15, -0.1) is 0 Å². The molecule has 2 saturated heterocycles. The Hall–Kier alpha value is -3.46. The van der Waals surface area contributed by atoms with Crippen LogP contribution in [-0.2, 0) is 4.79 Å². The summed E-state index contributed by atoms with van der Waals surface area (Å²) in [4.78, 5) is 34.7. The second kappa shape index (κ2) is 9.89. The van der Waals surface area contributed by atoms with Crippen LogP contribution < -0.4 is 16.0 Å². The molecule has 190 valence electrons. The summed E-state index contributed by atoms with van der Waals surface area (Å²) in [5, 5.41) is 7.67. The number of anilines is 2. The Morgan fingerprint density at radius 1 is 1.08 bits per heavy atom. The molecule has 2 aliphatic rings. The number of aryl methyl sites for hydroxylation is 2. The van der Waals surface area contributed by atoms with Gasteiger partial charge < -0.3 is 20.9 Å². The van der Waals surface area contributed by atoms with Crippen LogP contribution in [-0.4, -0.2) is 57.0 Å². The van der Waals surface area contributed by atoms with Crippen molar-refractivity contribution in [2.75, 3.05) is 29.9 Å². The van der Waals surface area contributed by atoms with Crippen LogP contribution in [0.3, 0.4) is 0 Å². The molecule has 5 rings (SSSR count). The Kier molecular flexibility index (Phi) is 6.66. The largest absolute Gasteiger partial charge is 0.355 e. The molecule has 2 amide bonds. The lowest BCUT2D eigenvalue weighted by Gasteiger charge is -2.35. The number of hydrogen-bond acceptors (Lipinski definition) is 6. The molecule has 9 nitrogen and oxygen atoms in total. The Labute approximate surface area is 211 Å². The number of likely N-dealkylation sites (tertiary alicyclic amines) is 1. The lowest BCUT2D eigenvalue weighted by atomic mass is 9.97. The van der Waals surface area contributed by atoms with Crippen molar-refractivity contribution in [3.63, 3.8) is 0 Å². The first-order valence-corrected chi connectivity index (χ1v) is 12.9. The van der Waals surface area contributed by atoms with E-state index in [2.05, 4.69) is 17.1 Å². The maximum Gasteiger partial charge on any atom is 0.256 e. The lowest BCUT2D eigenvalue weighted by Crippen LogP contribution is -2.43.